The molecule has 1 saturated carbocycles. The van der Waals surface area contributed by atoms with Crippen LogP contribution in [-0.4, -0.2) is 36.2 Å². The summed E-state index contributed by atoms with van der Waals surface area (Å²) in [6.07, 6.45) is 4.79. The van der Waals surface area contributed by atoms with Crippen LogP contribution in [0.15, 0.2) is 30.5 Å². The SMILES string of the molecule is COc1ccc2c(ccn2CC2(N(C)C)CC2)c1. The molecule has 1 fully saturated rings. The average Bonchev–Trinajstić information content (AvgIpc) is 3.05. The van der Waals surface area contributed by atoms with Crippen molar-refractivity contribution in [3.05, 3.63) is 30.5 Å². The van der Waals surface area contributed by atoms with Gasteiger partial charge in [-0.1, -0.05) is 0 Å². The highest BCUT2D eigenvalue weighted by atomic mass is 16.5. The molecular formula is C15H20N2O. The fraction of sp³-hybridized carbons (Fsp3) is 0.467. The first kappa shape index (κ1) is 11.6. The van der Waals surface area contributed by atoms with Crippen LogP contribution in [0.5, 0.6) is 5.75 Å². The minimum absolute atomic E-state index is 0.381. The number of benzene rings is 1. The molecule has 18 heavy (non-hydrogen) atoms. The predicted octanol–water partition coefficient (Wildman–Crippen LogP) is 2.74. The fourth-order valence-corrected chi connectivity index (χ4v) is 2.65. The Hall–Kier alpha value is -1.48. The smallest absolute Gasteiger partial charge is 0.119 e. The molecule has 0 aliphatic heterocycles. The summed E-state index contributed by atoms with van der Waals surface area (Å²) in [6.45, 7) is 1.08. The molecule has 0 radical (unpaired) electrons. The van der Waals surface area contributed by atoms with Gasteiger partial charge in [0.2, 0.25) is 0 Å². The molecule has 2 aromatic rings. The Morgan fingerprint density at radius 3 is 2.67 bits per heavy atom. The monoisotopic (exact) mass is 244 g/mol. The second-order valence-electron chi connectivity index (χ2n) is 5.49. The second kappa shape index (κ2) is 4.02. The van der Waals surface area contributed by atoms with E-state index in [2.05, 4.69) is 48.0 Å². The van der Waals surface area contributed by atoms with Crippen LogP contribution in [0.1, 0.15) is 12.8 Å². The van der Waals surface area contributed by atoms with Crippen molar-refractivity contribution in [1.29, 1.82) is 0 Å². The lowest BCUT2D eigenvalue weighted by Crippen LogP contribution is -2.34. The second-order valence-corrected chi connectivity index (χ2v) is 5.49. The normalized spacial score (nSPS) is 17.3. The highest BCUT2D eigenvalue weighted by Gasteiger charge is 2.45. The molecular weight excluding hydrogens is 224 g/mol. The number of hydrogen-bond acceptors (Lipinski definition) is 2. The summed E-state index contributed by atoms with van der Waals surface area (Å²) in [7, 11) is 6.08. The molecule has 0 amide bonds. The van der Waals surface area contributed by atoms with Crippen molar-refractivity contribution in [3.8, 4) is 5.75 Å². The molecule has 0 atom stereocenters. The number of hydrogen-bond donors (Lipinski definition) is 0. The van der Waals surface area contributed by atoms with Gasteiger partial charge >= 0.3 is 0 Å². The lowest BCUT2D eigenvalue weighted by molar-refractivity contribution is 0.244. The topological polar surface area (TPSA) is 17.4 Å². The van der Waals surface area contributed by atoms with E-state index in [9.17, 15) is 0 Å². The summed E-state index contributed by atoms with van der Waals surface area (Å²) in [5.41, 5.74) is 1.68. The average molecular weight is 244 g/mol. The molecule has 0 unspecified atom stereocenters. The highest BCUT2D eigenvalue weighted by molar-refractivity contribution is 5.81. The molecule has 96 valence electrons. The number of fused-ring (bicyclic) bond motifs is 1. The minimum atomic E-state index is 0.381. The maximum Gasteiger partial charge on any atom is 0.119 e. The molecule has 3 nitrogen and oxygen atoms in total. The van der Waals surface area contributed by atoms with E-state index in [1.165, 1.54) is 23.7 Å². The van der Waals surface area contributed by atoms with Gasteiger partial charge in [-0.15, -0.1) is 0 Å². The summed E-state index contributed by atoms with van der Waals surface area (Å²) in [6, 6.07) is 8.46. The van der Waals surface area contributed by atoms with Gasteiger partial charge in [-0.05, 0) is 51.2 Å². The van der Waals surface area contributed by atoms with E-state index in [-0.39, 0.29) is 0 Å². The molecule has 0 spiro atoms. The Kier molecular flexibility index (Phi) is 2.59. The third kappa shape index (κ3) is 1.79. The van der Waals surface area contributed by atoms with Crippen molar-refractivity contribution in [2.24, 2.45) is 0 Å². The van der Waals surface area contributed by atoms with Gasteiger partial charge in [0.1, 0.15) is 5.75 Å². The summed E-state index contributed by atoms with van der Waals surface area (Å²) in [5, 5.41) is 1.25. The van der Waals surface area contributed by atoms with Gasteiger partial charge in [0.15, 0.2) is 0 Å². The molecule has 3 heteroatoms. The maximum atomic E-state index is 5.27. The minimum Gasteiger partial charge on any atom is -0.497 e. The molecule has 3 rings (SSSR count). The Bertz CT molecular complexity index is 567. The van der Waals surface area contributed by atoms with Gasteiger partial charge in [-0.25, -0.2) is 0 Å². The first-order chi connectivity index (χ1) is 8.64. The van der Waals surface area contributed by atoms with Gasteiger partial charge < -0.3 is 14.2 Å². The number of nitrogens with zero attached hydrogens (tertiary/aromatic N) is 2. The highest BCUT2D eigenvalue weighted by Crippen LogP contribution is 2.42. The fourth-order valence-electron chi connectivity index (χ4n) is 2.65. The van der Waals surface area contributed by atoms with Crippen molar-refractivity contribution in [3.63, 3.8) is 0 Å². The number of rotatable bonds is 4. The number of aromatic nitrogens is 1. The van der Waals surface area contributed by atoms with Crippen LogP contribution in [0, 0.1) is 0 Å². The van der Waals surface area contributed by atoms with Crippen molar-refractivity contribution in [2.75, 3.05) is 21.2 Å². The summed E-state index contributed by atoms with van der Waals surface area (Å²) in [4.78, 5) is 2.36. The Morgan fingerprint density at radius 2 is 2.06 bits per heavy atom. The zero-order chi connectivity index (χ0) is 12.8. The van der Waals surface area contributed by atoms with Crippen molar-refractivity contribution in [1.82, 2.24) is 9.47 Å². The van der Waals surface area contributed by atoms with Crippen molar-refractivity contribution in [2.45, 2.75) is 24.9 Å². The van der Waals surface area contributed by atoms with E-state index in [0.717, 1.165) is 12.3 Å². The van der Waals surface area contributed by atoms with Crippen LogP contribution >= 0.6 is 0 Å². The van der Waals surface area contributed by atoms with E-state index in [0.29, 0.717) is 5.54 Å². The van der Waals surface area contributed by atoms with Gasteiger partial charge in [-0.3, -0.25) is 0 Å². The lowest BCUT2D eigenvalue weighted by Gasteiger charge is -2.24. The van der Waals surface area contributed by atoms with Crippen molar-refractivity contribution >= 4 is 10.9 Å². The van der Waals surface area contributed by atoms with Crippen LogP contribution in [0.4, 0.5) is 0 Å². The molecule has 1 aliphatic carbocycles. The Balaban J connectivity index is 1.94. The lowest BCUT2D eigenvalue weighted by atomic mass is 10.2. The quantitative estimate of drug-likeness (QED) is 0.823. The zero-order valence-electron chi connectivity index (χ0n) is 11.3. The third-order valence-electron chi connectivity index (χ3n) is 4.22. The van der Waals surface area contributed by atoms with Gasteiger partial charge in [-0.2, -0.15) is 0 Å². The molecule has 1 aromatic carbocycles. The van der Waals surface area contributed by atoms with E-state index in [1.807, 2.05) is 6.07 Å². The van der Waals surface area contributed by atoms with Crippen LogP contribution in [-0.2, 0) is 6.54 Å². The first-order valence-electron chi connectivity index (χ1n) is 6.45. The largest absolute Gasteiger partial charge is 0.497 e. The predicted molar refractivity (Wildman–Crippen MR) is 74.1 cm³/mol. The van der Waals surface area contributed by atoms with Gasteiger partial charge in [0, 0.05) is 29.2 Å². The number of ether oxygens (including phenoxy) is 1. The Labute approximate surface area is 108 Å². The Morgan fingerprint density at radius 1 is 1.28 bits per heavy atom. The van der Waals surface area contributed by atoms with E-state index >= 15 is 0 Å². The summed E-state index contributed by atoms with van der Waals surface area (Å²) < 4.78 is 7.63. The van der Waals surface area contributed by atoms with Crippen LogP contribution < -0.4 is 4.74 Å². The molecule has 1 aromatic heterocycles. The van der Waals surface area contributed by atoms with Crippen LogP contribution in [0.25, 0.3) is 10.9 Å². The van der Waals surface area contributed by atoms with E-state index < -0.39 is 0 Å². The standard InChI is InChI=1S/C15H20N2O/c1-16(2)15(7-8-15)11-17-9-6-12-10-13(18-3)4-5-14(12)17/h4-6,9-10H,7-8,11H2,1-3H3. The number of likely N-dealkylation sites (N-methyl/N-ethyl adjacent to an activating group) is 1. The van der Waals surface area contributed by atoms with Crippen molar-refractivity contribution < 1.29 is 4.74 Å². The van der Waals surface area contributed by atoms with Gasteiger partial charge in [0.25, 0.3) is 0 Å². The summed E-state index contributed by atoms with van der Waals surface area (Å²) >= 11 is 0. The number of methoxy groups -OCH3 is 1. The molecule has 0 bridgehead atoms. The molecule has 0 N–H and O–H groups in total. The maximum absolute atomic E-state index is 5.27. The van der Waals surface area contributed by atoms with E-state index in [4.69, 9.17) is 4.74 Å². The van der Waals surface area contributed by atoms with Crippen LogP contribution in [0.3, 0.4) is 0 Å². The van der Waals surface area contributed by atoms with Crippen LogP contribution in [0.2, 0.25) is 0 Å². The first-order valence-corrected chi connectivity index (χ1v) is 6.45. The summed E-state index contributed by atoms with van der Waals surface area (Å²) in [5.74, 6) is 0.925. The van der Waals surface area contributed by atoms with Gasteiger partial charge in [0.05, 0.1) is 7.11 Å². The molecule has 1 aliphatic rings. The third-order valence-corrected chi connectivity index (χ3v) is 4.22. The molecule has 1 heterocycles. The molecule has 0 saturated heterocycles. The van der Waals surface area contributed by atoms with E-state index in [1.54, 1.807) is 7.11 Å². The zero-order valence-corrected chi connectivity index (χ0v) is 11.3.